The average molecular weight is 267 g/mol. The summed E-state index contributed by atoms with van der Waals surface area (Å²) in [7, 11) is 0. The Balaban J connectivity index is 2.01. The quantitative estimate of drug-likeness (QED) is 0.859. The largest absolute Gasteiger partial charge is 0.355 e. The number of benzene rings is 1. The molecular formula is C14H19ClN2O. The molecule has 2 rings (SSSR count). The molecule has 3 nitrogen and oxygen atoms in total. The van der Waals surface area contributed by atoms with Gasteiger partial charge >= 0.3 is 0 Å². The van der Waals surface area contributed by atoms with Crippen molar-refractivity contribution in [2.24, 2.45) is 5.73 Å². The molecule has 0 spiro atoms. The van der Waals surface area contributed by atoms with Crippen molar-refractivity contribution in [3.8, 4) is 0 Å². The molecule has 0 aromatic heterocycles. The van der Waals surface area contributed by atoms with Crippen LogP contribution in [-0.4, -0.2) is 18.5 Å². The smallest absolute Gasteiger partial charge is 0.230 e. The van der Waals surface area contributed by atoms with E-state index in [2.05, 4.69) is 5.32 Å². The molecule has 1 aromatic rings. The van der Waals surface area contributed by atoms with Crippen LogP contribution in [0.1, 0.15) is 31.7 Å². The van der Waals surface area contributed by atoms with Gasteiger partial charge < -0.3 is 11.1 Å². The van der Waals surface area contributed by atoms with Gasteiger partial charge in [0.15, 0.2) is 0 Å². The fraction of sp³-hybridized carbons (Fsp3) is 0.500. The van der Waals surface area contributed by atoms with E-state index in [0.717, 1.165) is 24.8 Å². The molecular weight excluding hydrogens is 248 g/mol. The van der Waals surface area contributed by atoms with Gasteiger partial charge in [-0.3, -0.25) is 4.79 Å². The summed E-state index contributed by atoms with van der Waals surface area (Å²) >= 11 is 5.98. The van der Waals surface area contributed by atoms with Crippen LogP contribution >= 0.6 is 11.6 Å². The summed E-state index contributed by atoms with van der Waals surface area (Å²) in [6.07, 6.45) is 2.60. The summed E-state index contributed by atoms with van der Waals surface area (Å²) in [5, 5.41) is 3.66. The first-order valence-corrected chi connectivity index (χ1v) is 6.72. The van der Waals surface area contributed by atoms with Crippen LogP contribution in [0.2, 0.25) is 5.02 Å². The number of nitrogens with one attached hydrogen (secondary N) is 1. The van der Waals surface area contributed by atoms with Gasteiger partial charge in [-0.05, 0) is 43.9 Å². The minimum Gasteiger partial charge on any atom is -0.355 e. The van der Waals surface area contributed by atoms with Gasteiger partial charge in [-0.2, -0.15) is 0 Å². The van der Waals surface area contributed by atoms with Crippen molar-refractivity contribution >= 4 is 17.5 Å². The zero-order valence-electron chi connectivity index (χ0n) is 10.6. The summed E-state index contributed by atoms with van der Waals surface area (Å²) in [6.45, 7) is 2.58. The van der Waals surface area contributed by atoms with E-state index in [0.29, 0.717) is 11.6 Å². The fourth-order valence-electron chi connectivity index (χ4n) is 2.14. The normalized spacial score (nSPS) is 18.2. The molecule has 0 bridgehead atoms. The van der Waals surface area contributed by atoms with Crippen LogP contribution in [0.5, 0.6) is 0 Å². The topological polar surface area (TPSA) is 55.1 Å². The van der Waals surface area contributed by atoms with Crippen LogP contribution < -0.4 is 11.1 Å². The predicted molar refractivity (Wildman–Crippen MR) is 73.6 cm³/mol. The highest BCUT2D eigenvalue weighted by Gasteiger charge is 2.51. The molecule has 1 aliphatic rings. The first-order valence-electron chi connectivity index (χ1n) is 6.34. The fourth-order valence-corrected chi connectivity index (χ4v) is 2.33. The second-order valence-corrected chi connectivity index (χ2v) is 5.55. The number of rotatable bonds is 5. The first kappa shape index (κ1) is 13.4. The van der Waals surface area contributed by atoms with Gasteiger partial charge in [0.05, 0.1) is 5.41 Å². The minimum absolute atomic E-state index is 0.102. The number of nitrogens with two attached hydrogens (primary N) is 1. The summed E-state index contributed by atoms with van der Waals surface area (Å²) in [6, 6.07) is 7.71. The number of amides is 1. The third-order valence-corrected chi connectivity index (χ3v) is 3.68. The summed E-state index contributed by atoms with van der Waals surface area (Å²) in [5.74, 6) is 0.102. The molecule has 1 aliphatic carbocycles. The van der Waals surface area contributed by atoms with E-state index in [4.69, 9.17) is 17.3 Å². The monoisotopic (exact) mass is 266 g/mol. The third kappa shape index (κ3) is 2.85. The van der Waals surface area contributed by atoms with Crippen molar-refractivity contribution in [2.75, 3.05) is 6.54 Å². The summed E-state index contributed by atoms with van der Waals surface area (Å²) < 4.78 is 0. The number of carbonyl (C=O) groups excluding carboxylic acids is 1. The Morgan fingerprint density at radius 3 is 2.83 bits per heavy atom. The highest BCUT2D eigenvalue weighted by molar-refractivity contribution is 6.30. The van der Waals surface area contributed by atoms with E-state index in [1.807, 2.05) is 31.2 Å². The molecule has 0 radical (unpaired) electrons. The third-order valence-electron chi connectivity index (χ3n) is 3.45. The lowest BCUT2D eigenvalue weighted by molar-refractivity contribution is -0.123. The Morgan fingerprint density at radius 1 is 1.56 bits per heavy atom. The lowest BCUT2D eigenvalue weighted by atomic mass is 9.95. The summed E-state index contributed by atoms with van der Waals surface area (Å²) in [5.41, 5.74) is 6.34. The molecule has 1 amide bonds. The van der Waals surface area contributed by atoms with Crippen molar-refractivity contribution in [2.45, 2.75) is 37.6 Å². The number of carbonyl (C=O) groups is 1. The van der Waals surface area contributed by atoms with Gasteiger partial charge in [0, 0.05) is 17.6 Å². The Labute approximate surface area is 113 Å². The van der Waals surface area contributed by atoms with E-state index in [1.54, 1.807) is 0 Å². The van der Waals surface area contributed by atoms with Crippen LogP contribution in [-0.2, 0) is 10.2 Å². The zero-order chi connectivity index (χ0) is 13.2. The van der Waals surface area contributed by atoms with Crippen LogP contribution in [0.25, 0.3) is 0 Å². The SMILES string of the molecule is CC(N)CCNC(=O)C1(c2cccc(Cl)c2)CC1. The molecule has 0 saturated heterocycles. The minimum atomic E-state index is -0.345. The van der Waals surface area contributed by atoms with Crippen LogP contribution in [0.4, 0.5) is 0 Å². The lowest BCUT2D eigenvalue weighted by Crippen LogP contribution is -2.36. The van der Waals surface area contributed by atoms with E-state index >= 15 is 0 Å². The van der Waals surface area contributed by atoms with Crippen molar-refractivity contribution in [1.29, 1.82) is 0 Å². The Hall–Kier alpha value is -1.06. The van der Waals surface area contributed by atoms with Crippen LogP contribution in [0.3, 0.4) is 0 Å². The van der Waals surface area contributed by atoms with Crippen LogP contribution in [0.15, 0.2) is 24.3 Å². The van der Waals surface area contributed by atoms with Gasteiger partial charge in [-0.25, -0.2) is 0 Å². The number of hydrogen-bond acceptors (Lipinski definition) is 2. The molecule has 1 fully saturated rings. The standard InChI is InChI=1S/C14H19ClN2O/c1-10(16)5-8-17-13(18)14(6-7-14)11-3-2-4-12(15)9-11/h2-4,9-10H,5-8,16H2,1H3,(H,17,18). The molecule has 1 saturated carbocycles. The highest BCUT2D eigenvalue weighted by Crippen LogP contribution is 2.48. The van der Waals surface area contributed by atoms with Gasteiger partial charge in [-0.15, -0.1) is 0 Å². The maximum atomic E-state index is 12.2. The Morgan fingerprint density at radius 2 is 2.28 bits per heavy atom. The number of hydrogen-bond donors (Lipinski definition) is 2. The van der Waals surface area contributed by atoms with Crippen molar-refractivity contribution in [1.82, 2.24) is 5.32 Å². The second-order valence-electron chi connectivity index (χ2n) is 5.11. The molecule has 18 heavy (non-hydrogen) atoms. The maximum absolute atomic E-state index is 12.2. The second kappa shape index (κ2) is 5.29. The van der Waals surface area contributed by atoms with E-state index in [-0.39, 0.29) is 17.4 Å². The highest BCUT2D eigenvalue weighted by atomic mass is 35.5. The predicted octanol–water partition coefficient (Wildman–Crippen LogP) is 2.23. The lowest BCUT2D eigenvalue weighted by Gasteiger charge is -2.16. The van der Waals surface area contributed by atoms with Crippen LogP contribution in [0, 0.1) is 0 Å². The van der Waals surface area contributed by atoms with E-state index in [1.165, 1.54) is 0 Å². The molecule has 98 valence electrons. The van der Waals surface area contributed by atoms with Crippen molar-refractivity contribution in [3.63, 3.8) is 0 Å². The Bertz CT molecular complexity index is 441. The maximum Gasteiger partial charge on any atom is 0.230 e. The molecule has 0 heterocycles. The summed E-state index contributed by atoms with van der Waals surface area (Å²) in [4.78, 5) is 12.2. The average Bonchev–Trinajstić information content (AvgIpc) is 3.09. The zero-order valence-corrected chi connectivity index (χ0v) is 11.3. The molecule has 3 N–H and O–H groups in total. The Kier molecular flexibility index (Phi) is 3.93. The van der Waals surface area contributed by atoms with Crippen molar-refractivity contribution in [3.05, 3.63) is 34.9 Å². The molecule has 1 atom stereocenters. The van der Waals surface area contributed by atoms with Crippen molar-refractivity contribution < 1.29 is 4.79 Å². The van der Waals surface area contributed by atoms with E-state index < -0.39 is 0 Å². The first-order chi connectivity index (χ1) is 8.54. The molecule has 1 unspecified atom stereocenters. The van der Waals surface area contributed by atoms with Gasteiger partial charge in [-0.1, -0.05) is 23.7 Å². The van der Waals surface area contributed by atoms with Gasteiger partial charge in [0.25, 0.3) is 0 Å². The number of halogens is 1. The van der Waals surface area contributed by atoms with Gasteiger partial charge in [0.1, 0.15) is 0 Å². The van der Waals surface area contributed by atoms with Gasteiger partial charge in [0.2, 0.25) is 5.91 Å². The molecule has 4 heteroatoms. The molecule has 0 aliphatic heterocycles. The molecule has 1 aromatic carbocycles. The van der Waals surface area contributed by atoms with E-state index in [9.17, 15) is 4.79 Å².